The van der Waals surface area contributed by atoms with Crippen molar-refractivity contribution in [1.82, 2.24) is 0 Å². The van der Waals surface area contributed by atoms with Crippen molar-refractivity contribution >= 4 is 28.2 Å². The summed E-state index contributed by atoms with van der Waals surface area (Å²) in [7, 11) is 0. The minimum atomic E-state index is -0.900. The van der Waals surface area contributed by atoms with Crippen molar-refractivity contribution in [1.29, 1.82) is 0 Å². The van der Waals surface area contributed by atoms with E-state index < -0.39 is 30.1 Å². The summed E-state index contributed by atoms with van der Waals surface area (Å²) < 4.78 is 36.4. The molecular weight excluding hydrogens is 352 g/mol. The third kappa shape index (κ3) is 4.54. The number of carbonyl (C=O) groups excluding carboxylic acids is 2. The van der Waals surface area contributed by atoms with Gasteiger partial charge in [0.25, 0.3) is 5.91 Å². The molecule has 0 atom stereocenters. The van der Waals surface area contributed by atoms with Gasteiger partial charge in [-0.15, -0.1) is 11.3 Å². The van der Waals surface area contributed by atoms with Gasteiger partial charge >= 0.3 is 5.97 Å². The van der Waals surface area contributed by atoms with Crippen LogP contribution >= 0.6 is 11.3 Å². The number of hydrogen-bond donors (Lipinski definition) is 1. The number of aryl methyl sites for hydroxylation is 1. The van der Waals surface area contributed by atoms with Gasteiger partial charge in [0, 0.05) is 10.9 Å². The molecule has 5 nitrogen and oxygen atoms in total. The molecule has 2 aromatic rings. The number of halogens is 2. The molecule has 0 spiro atoms. The van der Waals surface area contributed by atoms with Crippen LogP contribution in [0.5, 0.6) is 5.75 Å². The largest absolute Gasteiger partial charge is 0.481 e. The quantitative estimate of drug-likeness (QED) is 0.786. The van der Waals surface area contributed by atoms with Gasteiger partial charge in [0.2, 0.25) is 0 Å². The summed E-state index contributed by atoms with van der Waals surface area (Å²) in [4.78, 5) is 25.0. The van der Waals surface area contributed by atoms with Crippen molar-refractivity contribution in [3.8, 4) is 5.75 Å². The minimum absolute atomic E-state index is 0.216. The Bertz CT molecular complexity index is 804. The molecule has 134 valence electrons. The molecular formula is C17H17F2NO4S. The SMILES string of the molecule is CCOC(=O)c1c(NC(=O)COc2ccc(F)cc2F)sc(C)c1C. The van der Waals surface area contributed by atoms with Crippen LogP contribution in [0, 0.1) is 25.5 Å². The topological polar surface area (TPSA) is 64.6 Å². The third-order valence-electron chi connectivity index (χ3n) is 3.37. The van der Waals surface area contributed by atoms with Crippen molar-refractivity contribution in [2.24, 2.45) is 0 Å². The second kappa shape index (κ2) is 8.06. The number of thiophene rings is 1. The lowest BCUT2D eigenvalue weighted by molar-refractivity contribution is -0.118. The smallest absolute Gasteiger partial charge is 0.341 e. The molecule has 25 heavy (non-hydrogen) atoms. The highest BCUT2D eigenvalue weighted by molar-refractivity contribution is 7.16. The Labute approximate surface area is 147 Å². The molecule has 1 heterocycles. The summed E-state index contributed by atoms with van der Waals surface area (Å²) >= 11 is 1.24. The minimum Gasteiger partial charge on any atom is -0.481 e. The van der Waals surface area contributed by atoms with E-state index in [2.05, 4.69) is 5.32 Å². The Hall–Kier alpha value is -2.48. The Morgan fingerprint density at radius 2 is 1.96 bits per heavy atom. The van der Waals surface area contributed by atoms with Crippen molar-refractivity contribution < 1.29 is 27.8 Å². The number of esters is 1. The first-order valence-corrected chi connectivity index (χ1v) is 8.30. The molecule has 2 rings (SSSR count). The maximum atomic E-state index is 13.5. The number of ether oxygens (including phenoxy) is 2. The summed E-state index contributed by atoms with van der Waals surface area (Å²) in [6.07, 6.45) is 0. The van der Waals surface area contributed by atoms with Crippen LogP contribution in [-0.4, -0.2) is 25.1 Å². The van der Waals surface area contributed by atoms with Gasteiger partial charge in [0.1, 0.15) is 10.8 Å². The maximum Gasteiger partial charge on any atom is 0.341 e. The second-order valence-electron chi connectivity index (χ2n) is 5.12. The normalized spacial score (nSPS) is 10.4. The fraction of sp³-hybridized carbons (Fsp3) is 0.294. The van der Waals surface area contributed by atoms with E-state index in [0.29, 0.717) is 16.6 Å². The highest BCUT2D eigenvalue weighted by Gasteiger charge is 2.22. The van der Waals surface area contributed by atoms with E-state index in [1.807, 2.05) is 6.92 Å². The number of hydrogen-bond acceptors (Lipinski definition) is 5. The molecule has 1 N–H and O–H groups in total. The molecule has 0 fully saturated rings. The Balaban J connectivity index is 2.08. The van der Waals surface area contributed by atoms with E-state index in [-0.39, 0.29) is 12.4 Å². The molecule has 0 aliphatic rings. The van der Waals surface area contributed by atoms with E-state index in [1.54, 1.807) is 13.8 Å². The van der Waals surface area contributed by atoms with Crippen molar-refractivity contribution in [2.75, 3.05) is 18.5 Å². The highest BCUT2D eigenvalue weighted by atomic mass is 32.1. The number of amides is 1. The molecule has 0 aliphatic carbocycles. The number of anilines is 1. The van der Waals surface area contributed by atoms with Crippen molar-refractivity contribution in [3.63, 3.8) is 0 Å². The van der Waals surface area contributed by atoms with Gasteiger partial charge in [0.15, 0.2) is 18.2 Å². The van der Waals surface area contributed by atoms with E-state index in [9.17, 15) is 18.4 Å². The van der Waals surface area contributed by atoms with E-state index >= 15 is 0 Å². The van der Waals surface area contributed by atoms with E-state index in [4.69, 9.17) is 9.47 Å². The van der Waals surface area contributed by atoms with Crippen LogP contribution in [-0.2, 0) is 9.53 Å². The number of carbonyl (C=O) groups is 2. The van der Waals surface area contributed by atoms with Crippen LogP contribution < -0.4 is 10.1 Å². The Morgan fingerprint density at radius 1 is 1.24 bits per heavy atom. The molecule has 0 bridgehead atoms. The van der Waals surface area contributed by atoms with Crippen LogP contribution in [0.3, 0.4) is 0 Å². The molecule has 1 amide bonds. The summed E-state index contributed by atoms with van der Waals surface area (Å²) in [6, 6.07) is 2.79. The first-order chi connectivity index (χ1) is 11.8. The van der Waals surface area contributed by atoms with Gasteiger partial charge in [-0.05, 0) is 38.5 Å². The standard InChI is InChI=1S/C17H17F2NO4S/c1-4-23-17(22)15-9(2)10(3)25-16(15)20-14(21)8-24-13-6-5-11(18)7-12(13)19/h5-7H,4,8H2,1-3H3,(H,20,21). The molecule has 1 aromatic carbocycles. The zero-order valence-electron chi connectivity index (χ0n) is 13.9. The van der Waals surface area contributed by atoms with E-state index in [0.717, 1.165) is 22.6 Å². The van der Waals surface area contributed by atoms with Gasteiger partial charge in [-0.25, -0.2) is 13.6 Å². The summed E-state index contributed by atoms with van der Waals surface area (Å²) in [5, 5.41) is 2.92. The van der Waals surface area contributed by atoms with Crippen LogP contribution in [0.1, 0.15) is 27.7 Å². The summed E-state index contributed by atoms with van der Waals surface area (Å²) in [5.41, 5.74) is 1.02. The second-order valence-corrected chi connectivity index (χ2v) is 6.34. The van der Waals surface area contributed by atoms with Crippen molar-refractivity contribution in [2.45, 2.75) is 20.8 Å². The molecule has 1 aromatic heterocycles. The first kappa shape index (κ1) is 18.9. The molecule has 0 aliphatic heterocycles. The van der Waals surface area contributed by atoms with Crippen LogP contribution in [0.15, 0.2) is 18.2 Å². The Morgan fingerprint density at radius 3 is 2.60 bits per heavy atom. The molecule has 8 heteroatoms. The third-order valence-corrected chi connectivity index (χ3v) is 4.49. The van der Waals surface area contributed by atoms with Crippen LogP contribution in [0.25, 0.3) is 0 Å². The predicted octanol–water partition coefficient (Wildman–Crippen LogP) is 3.84. The lowest BCUT2D eigenvalue weighted by Gasteiger charge is -2.09. The number of rotatable bonds is 6. The van der Waals surface area contributed by atoms with Crippen molar-refractivity contribution in [3.05, 3.63) is 45.8 Å². The lowest BCUT2D eigenvalue weighted by Crippen LogP contribution is -2.21. The number of benzene rings is 1. The predicted molar refractivity (Wildman–Crippen MR) is 90.2 cm³/mol. The zero-order valence-corrected chi connectivity index (χ0v) is 14.8. The first-order valence-electron chi connectivity index (χ1n) is 7.48. The Kier molecular flexibility index (Phi) is 6.08. The van der Waals surface area contributed by atoms with Crippen LogP contribution in [0.2, 0.25) is 0 Å². The van der Waals surface area contributed by atoms with Gasteiger partial charge in [-0.2, -0.15) is 0 Å². The average molecular weight is 369 g/mol. The monoisotopic (exact) mass is 369 g/mol. The summed E-state index contributed by atoms with van der Waals surface area (Å²) in [6.45, 7) is 5.00. The molecule has 0 saturated heterocycles. The fourth-order valence-corrected chi connectivity index (χ4v) is 3.13. The molecule has 0 unspecified atom stereocenters. The van der Waals surface area contributed by atoms with E-state index in [1.165, 1.54) is 11.3 Å². The van der Waals surface area contributed by atoms with Crippen LogP contribution in [0.4, 0.5) is 13.8 Å². The molecule has 0 saturated carbocycles. The average Bonchev–Trinajstić information content (AvgIpc) is 2.81. The van der Waals surface area contributed by atoms with Gasteiger partial charge in [-0.3, -0.25) is 4.79 Å². The lowest BCUT2D eigenvalue weighted by atomic mass is 10.1. The summed E-state index contributed by atoms with van der Waals surface area (Å²) in [5.74, 6) is -2.97. The highest BCUT2D eigenvalue weighted by Crippen LogP contribution is 2.33. The zero-order chi connectivity index (χ0) is 18.6. The molecule has 0 radical (unpaired) electrons. The maximum absolute atomic E-state index is 13.5. The van der Waals surface area contributed by atoms with Gasteiger partial charge in [-0.1, -0.05) is 0 Å². The fourth-order valence-electron chi connectivity index (χ4n) is 2.06. The van der Waals surface area contributed by atoms with Gasteiger partial charge < -0.3 is 14.8 Å². The van der Waals surface area contributed by atoms with Gasteiger partial charge in [0.05, 0.1) is 12.2 Å². The number of nitrogens with one attached hydrogen (secondary N) is 1.